The van der Waals surface area contributed by atoms with E-state index in [1.165, 1.54) is 36.9 Å². The van der Waals surface area contributed by atoms with Gasteiger partial charge in [-0.2, -0.15) is 5.10 Å². The van der Waals surface area contributed by atoms with Gasteiger partial charge in [0, 0.05) is 28.9 Å². The van der Waals surface area contributed by atoms with E-state index in [2.05, 4.69) is 23.4 Å². The van der Waals surface area contributed by atoms with Crippen molar-refractivity contribution in [2.75, 3.05) is 0 Å². The first-order valence-electron chi connectivity index (χ1n) is 7.69. The number of rotatable bonds is 4. The Morgan fingerprint density at radius 1 is 1.29 bits per heavy atom. The first-order valence-corrected chi connectivity index (χ1v) is 8.07. The molecule has 21 heavy (non-hydrogen) atoms. The van der Waals surface area contributed by atoms with Gasteiger partial charge in [0.1, 0.15) is 0 Å². The quantitative estimate of drug-likeness (QED) is 0.918. The number of nitrogens with zero attached hydrogens (tertiary/aromatic N) is 2. The highest BCUT2D eigenvalue weighted by atomic mass is 35.5. The van der Waals surface area contributed by atoms with E-state index < -0.39 is 0 Å². The van der Waals surface area contributed by atoms with Gasteiger partial charge < -0.3 is 5.32 Å². The highest BCUT2D eigenvalue weighted by molar-refractivity contribution is 6.31. The first-order chi connectivity index (χ1) is 10.2. The molecule has 0 bridgehead atoms. The summed E-state index contributed by atoms with van der Waals surface area (Å²) >= 11 is 6.22. The molecular weight excluding hydrogens is 282 g/mol. The Kier molecular flexibility index (Phi) is 4.32. The van der Waals surface area contributed by atoms with Crippen LogP contribution >= 0.6 is 11.6 Å². The van der Waals surface area contributed by atoms with Gasteiger partial charge in [-0.1, -0.05) is 30.5 Å². The summed E-state index contributed by atoms with van der Waals surface area (Å²) in [7, 11) is 0. The second-order valence-electron chi connectivity index (χ2n) is 5.91. The van der Waals surface area contributed by atoms with Crippen molar-refractivity contribution < 1.29 is 0 Å². The van der Waals surface area contributed by atoms with Crippen molar-refractivity contribution in [1.82, 2.24) is 15.1 Å². The van der Waals surface area contributed by atoms with Crippen molar-refractivity contribution in [2.45, 2.75) is 52.1 Å². The smallest absolute Gasteiger partial charge is 0.0692 e. The van der Waals surface area contributed by atoms with Crippen LogP contribution in [0, 0.1) is 13.8 Å². The third-order valence-corrected chi connectivity index (χ3v) is 4.92. The van der Waals surface area contributed by atoms with E-state index in [4.69, 9.17) is 11.6 Å². The van der Waals surface area contributed by atoms with Crippen LogP contribution in [0.3, 0.4) is 0 Å². The van der Waals surface area contributed by atoms with Gasteiger partial charge in [0.15, 0.2) is 0 Å². The maximum absolute atomic E-state index is 6.22. The van der Waals surface area contributed by atoms with Crippen molar-refractivity contribution in [1.29, 1.82) is 0 Å². The number of hydrogen-bond acceptors (Lipinski definition) is 2. The molecule has 1 heterocycles. The van der Waals surface area contributed by atoms with Crippen LogP contribution < -0.4 is 5.32 Å². The summed E-state index contributed by atoms with van der Waals surface area (Å²) in [5.41, 5.74) is 4.58. The largest absolute Gasteiger partial charge is 0.310 e. The molecule has 0 saturated heterocycles. The van der Waals surface area contributed by atoms with E-state index in [-0.39, 0.29) is 0 Å². The van der Waals surface area contributed by atoms with Crippen LogP contribution in [-0.4, -0.2) is 15.8 Å². The fourth-order valence-electron chi connectivity index (χ4n) is 3.07. The molecule has 1 aliphatic carbocycles. The highest BCUT2D eigenvalue weighted by Gasteiger charge is 2.16. The monoisotopic (exact) mass is 303 g/mol. The van der Waals surface area contributed by atoms with Gasteiger partial charge in [-0.3, -0.25) is 0 Å². The number of hydrogen-bond donors (Lipinski definition) is 1. The van der Waals surface area contributed by atoms with Crippen LogP contribution in [0.15, 0.2) is 24.4 Å². The normalized spacial score (nSPS) is 15.8. The lowest BCUT2D eigenvalue weighted by atomic mass is 10.2. The predicted octanol–water partition coefficient (Wildman–Crippen LogP) is 4.17. The van der Waals surface area contributed by atoms with Crippen molar-refractivity contribution >= 4 is 11.6 Å². The van der Waals surface area contributed by atoms with E-state index >= 15 is 0 Å². The van der Waals surface area contributed by atoms with Crippen molar-refractivity contribution in [2.24, 2.45) is 0 Å². The molecule has 0 unspecified atom stereocenters. The van der Waals surface area contributed by atoms with Crippen LogP contribution in [0.25, 0.3) is 5.69 Å². The third kappa shape index (κ3) is 2.99. The minimum atomic E-state index is 0.681. The van der Waals surface area contributed by atoms with Gasteiger partial charge >= 0.3 is 0 Å². The Balaban J connectivity index is 1.80. The summed E-state index contributed by atoms with van der Waals surface area (Å²) in [6, 6.07) is 6.64. The number of halogens is 1. The zero-order chi connectivity index (χ0) is 14.8. The molecule has 3 nitrogen and oxygen atoms in total. The van der Waals surface area contributed by atoms with Crippen LogP contribution in [0.1, 0.15) is 42.5 Å². The molecule has 2 aromatic rings. The average molecular weight is 304 g/mol. The molecule has 1 fully saturated rings. The molecule has 1 aromatic carbocycles. The second kappa shape index (κ2) is 6.20. The standard InChI is InChI=1S/C17H22ClN3/c1-12-16(18)8-5-9-17(12)21-13(2)14(11-20-21)10-19-15-6-3-4-7-15/h5,8-9,11,15,19H,3-4,6-7,10H2,1-2H3. The van der Waals surface area contributed by atoms with Crippen molar-refractivity contribution in [3.63, 3.8) is 0 Å². The van der Waals surface area contributed by atoms with Crippen molar-refractivity contribution in [3.8, 4) is 5.69 Å². The fourth-order valence-corrected chi connectivity index (χ4v) is 3.24. The molecular formula is C17H22ClN3. The Bertz CT molecular complexity index is 627. The van der Waals surface area contributed by atoms with E-state index in [1.54, 1.807) is 0 Å². The maximum atomic E-state index is 6.22. The Morgan fingerprint density at radius 2 is 2.05 bits per heavy atom. The lowest BCUT2D eigenvalue weighted by Crippen LogP contribution is -2.25. The summed E-state index contributed by atoms with van der Waals surface area (Å²) in [6.45, 7) is 5.06. The van der Waals surface area contributed by atoms with Gasteiger partial charge in [-0.05, 0) is 44.4 Å². The summed E-state index contributed by atoms with van der Waals surface area (Å²) in [5.74, 6) is 0. The fraction of sp³-hybridized carbons (Fsp3) is 0.471. The molecule has 0 radical (unpaired) electrons. The number of benzene rings is 1. The van der Waals surface area contributed by atoms with Crippen LogP contribution in [0.2, 0.25) is 5.02 Å². The third-order valence-electron chi connectivity index (χ3n) is 4.52. The van der Waals surface area contributed by atoms with E-state index in [0.717, 1.165) is 22.8 Å². The highest BCUT2D eigenvalue weighted by Crippen LogP contribution is 2.24. The second-order valence-corrected chi connectivity index (χ2v) is 6.32. The molecule has 1 aromatic heterocycles. The molecule has 4 heteroatoms. The number of aromatic nitrogens is 2. The van der Waals surface area contributed by atoms with Gasteiger partial charge in [0.2, 0.25) is 0 Å². The summed E-state index contributed by atoms with van der Waals surface area (Å²) in [4.78, 5) is 0. The van der Waals surface area contributed by atoms with Crippen LogP contribution in [0.4, 0.5) is 0 Å². The number of nitrogens with one attached hydrogen (secondary N) is 1. The summed E-state index contributed by atoms with van der Waals surface area (Å²) in [6.07, 6.45) is 7.30. The molecule has 1 aliphatic rings. The lowest BCUT2D eigenvalue weighted by Gasteiger charge is -2.12. The maximum Gasteiger partial charge on any atom is 0.0692 e. The van der Waals surface area contributed by atoms with E-state index in [1.807, 2.05) is 29.9 Å². The average Bonchev–Trinajstić information content (AvgIpc) is 3.10. The van der Waals surface area contributed by atoms with Gasteiger partial charge in [-0.15, -0.1) is 0 Å². The first kappa shape index (κ1) is 14.6. The predicted molar refractivity (Wildman–Crippen MR) is 87.1 cm³/mol. The zero-order valence-electron chi connectivity index (χ0n) is 12.7. The van der Waals surface area contributed by atoms with Crippen LogP contribution in [-0.2, 0) is 6.54 Å². The topological polar surface area (TPSA) is 29.9 Å². The minimum absolute atomic E-state index is 0.681. The van der Waals surface area contributed by atoms with Gasteiger partial charge in [0.25, 0.3) is 0 Å². The molecule has 0 aliphatic heterocycles. The van der Waals surface area contributed by atoms with Crippen molar-refractivity contribution in [3.05, 3.63) is 46.2 Å². The Labute approximate surface area is 131 Å². The molecule has 0 atom stereocenters. The lowest BCUT2D eigenvalue weighted by molar-refractivity contribution is 0.523. The molecule has 1 N–H and O–H groups in total. The SMILES string of the molecule is Cc1c(Cl)cccc1-n1ncc(CNC2CCCC2)c1C. The van der Waals surface area contributed by atoms with Gasteiger partial charge in [0.05, 0.1) is 11.9 Å². The minimum Gasteiger partial charge on any atom is -0.310 e. The summed E-state index contributed by atoms with van der Waals surface area (Å²) < 4.78 is 1.99. The molecule has 112 valence electrons. The molecule has 0 amide bonds. The van der Waals surface area contributed by atoms with E-state index in [9.17, 15) is 0 Å². The Morgan fingerprint density at radius 3 is 2.81 bits per heavy atom. The molecule has 1 saturated carbocycles. The summed E-state index contributed by atoms with van der Waals surface area (Å²) in [5, 5.41) is 8.99. The zero-order valence-corrected chi connectivity index (χ0v) is 13.5. The van der Waals surface area contributed by atoms with Gasteiger partial charge in [-0.25, -0.2) is 4.68 Å². The molecule has 0 spiro atoms. The Hall–Kier alpha value is -1.32. The van der Waals surface area contributed by atoms with Crippen LogP contribution in [0.5, 0.6) is 0 Å². The van der Waals surface area contributed by atoms with E-state index in [0.29, 0.717) is 6.04 Å². The molecule has 3 rings (SSSR count).